The van der Waals surface area contributed by atoms with Crippen LogP contribution >= 0.6 is 0 Å². The summed E-state index contributed by atoms with van der Waals surface area (Å²) in [6.45, 7) is 2.08. The maximum Gasteiger partial charge on any atom is 0.154 e. The van der Waals surface area contributed by atoms with Gasteiger partial charge in [-0.25, -0.2) is 0 Å². The Hall–Kier alpha value is -1.15. The summed E-state index contributed by atoms with van der Waals surface area (Å²) >= 11 is 0. The second kappa shape index (κ2) is 5.46. The summed E-state index contributed by atoms with van der Waals surface area (Å²) < 4.78 is 0. The van der Waals surface area contributed by atoms with Crippen LogP contribution in [0, 0.1) is 12.8 Å². The molecule has 2 nitrogen and oxygen atoms in total. The number of Topliss-reactive ketones (excluding diaryl/α,β-unsaturated/α-hetero) is 1. The third-order valence-electron chi connectivity index (χ3n) is 4.75. The maximum absolute atomic E-state index is 12.4. The Bertz CT molecular complexity index is 437. The van der Waals surface area contributed by atoms with E-state index in [1.807, 2.05) is 0 Å². The molecule has 2 aliphatic rings. The summed E-state index contributed by atoms with van der Waals surface area (Å²) in [5.41, 5.74) is 2.40. The molecule has 19 heavy (non-hydrogen) atoms. The van der Waals surface area contributed by atoms with Crippen molar-refractivity contribution in [2.45, 2.75) is 57.5 Å². The normalized spacial score (nSPS) is 30.1. The molecule has 1 heterocycles. The van der Waals surface area contributed by atoms with Crippen molar-refractivity contribution in [3.8, 4) is 0 Å². The van der Waals surface area contributed by atoms with Crippen molar-refractivity contribution in [1.82, 2.24) is 5.32 Å². The molecule has 0 spiro atoms. The molecule has 1 aromatic rings. The summed E-state index contributed by atoms with van der Waals surface area (Å²) in [7, 11) is 0. The SMILES string of the molecule is Cc1ccc(CC(=O)C2CC3CCCCC3N2)cc1. The smallest absolute Gasteiger partial charge is 0.154 e. The molecule has 0 amide bonds. The van der Waals surface area contributed by atoms with Crippen LogP contribution in [0.25, 0.3) is 0 Å². The minimum absolute atomic E-state index is 0.106. The summed E-state index contributed by atoms with van der Waals surface area (Å²) in [6, 6.07) is 9.05. The van der Waals surface area contributed by atoms with Crippen molar-refractivity contribution in [2.75, 3.05) is 0 Å². The lowest BCUT2D eigenvalue weighted by atomic mass is 9.84. The molecule has 1 aliphatic carbocycles. The molecule has 1 aliphatic heterocycles. The standard InChI is InChI=1S/C17H23NO/c1-12-6-8-13(9-7-12)10-17(19)16-11-14-4-2-3-5-15(14)18-16/h6-9,14-16,18H,2-5,10-11H2,1H3. The number of carbonyl (C=O) groups excluding carboxylic acids is 1. The topological polar surface area (TPSA) is 29.1 Å². The molecule has 3 rings (SSSR count). The minimum Gasteiger partial charge on any atom is -0.304 e. The lowest BCUT2D eigenvalue weighted by Gasteiger charge is -2.24. The van der Waals surface area contributed by atoms with E-state index >= 15 is 0 Å². The third-order valence-corrected chi connectivity index (χ3v) is 4.75. The second-order valence-electron chi connectivity index (χ2n) is 6.23. The summed E-state index contributed by atoms with van der Waals surface area (Å²) in [6.07, 6.45) is 6.90. The molecular weight excluding hydrogens is 234 g/mol. The van der Waals surface area contributed by atoms with Gasteiger partial charge in [0.25, 0.3) is 0 Å². The van der Waals surface area contributed by atoms with Crippen molar-refractivity contribution in [1.29, 1.82) is 0 Å². The fraction of sp³-hybridized carbons (Fsp3) is 0.588. The van der Waals surface area contributed by atoms with Crippen molar-refractivity contribution < 1.29 is 4.79 Å². The van der Waals surface area contributed by atoms with Gasteiger partial charge in [-0.15, -0.1) is 0 Å². The van der Waals surface area contributed by atoms with E-state index in [0.717, 1.165) is 17.9 Å². The number of hydrogen-bond donors (Lipinski definition) is 1. The van der Waals surface area contributed by atoms with E-state index in [1.165, 1.54) is 31.2 Å². The largest absolute Gasteiger partial charge is 0.304 e. The fourth-order valence-corrected chi connectivity index (χ4v) is 3.59. The van der Waals surface area contributed by atoms with Gasteiger partial charge in [-0.3, -0.25) is 4.79 Å². The number of fused-ring (bicyclic) bond motifs is 1. The van der Waals surface area contributed by atoms with E-state index in [1.54, 1.807) is 0 Å². The van der Waals surface area contributed by atoms with Crippen LogP contribution in [-0.2, 0) is 11.2 Å². The number of hydrogen-bond acceptors (Lipinski definition) is 2. The van der Waals surface area contributed by atoms with E-state index in [0.29, 0.717) is 18.2 Å². The highest BCUT2D eigenvalue weighted by atomic mass is 16.1. The Balaban J connectivity index is 1.60. The highest BCUT2D eigenvalue weighted by molar-refractivity contribution is 5.86. The zero-order valence-corrected chi connectivity index (χ0v) is 11.7. The van der Waals surface area contributed by atoms with E-state index in [9.17, 15) is 4.79 Å². The van der Waals surface area contributed by atoms with Crippen molar-refractivity contribution >= 4 is 5.78 Å². The van der Waals surface area contributed by atoms with E-state index in [2.05, 4.69) is 36.5 Å². The Morgan fingerprint density at radius 2 is 1.95 bits per heavy atom. The zero-order chi connectivity index (χ0) is 13.2. The molecule has 102 valence electrons. The van der Waals surface area contributed by atoms with Crippen molar-refractivity contribution in [3.63, 3.8) is 0 Å². The van der Waals surface area contributed by atoms with Gasteiger partial charge in [-0.2, -0.15) is 0 Å². The first-order chi connectivity index (χ1) is 9.22. The maximum atomic E-state index is 12.4. The van der Waals surface area contributed by atoms with Crippen LogP contribution in [0.1, 0.15) is 43.2 Å². The number of benzene rings is 1. The highest BCUT2D eigenvalue weighted by Gasteiger charge is 2.37. The van der Waals surface area contributed by atoms with Crippen LogP contribution in [0.3, 0.4) is 0 Å². The first kappa shape index (κ1) is 12.9. The molecule has 0 radical (unpaired) electrons. The van der Waals surface area contributed by atoms with Crippen LogP contribution in [-0.4, -0.2) is 17.9 Å². The number of rotatable bonds is 3. The fourth-order valence-electron chi connectivity index (χ4n) is 3.59. The number of nitrogens with one attached hydrogen (secondary N) is 1. The monoisotopic (exact) mass is 257 g/mol. The summed E-state index contributed by atoms with van der Waals surface area (Å²) in [5.74, 6) is 1.12. The molecule has 3 unspecified atom stereocenters. The predicted molar refractivity (Wildman–Crippen MR) is 77.2 cm³/mol. The van der Waals surface area contributed by atoms with Crippen molar-refractivity contribution in [3.05, 3.63) is 35.4 Å². The Kier molecular flexibility index (Phi) is 3.69. The molecule has 1 N–H and O–H groups in total. The van der Waals surface area contributed by atoms with Crippen LogP contribution in [0.15, 0.2) is 24.3 Å². The predicted octanol–water partition coefficient (Wildman–Crippen LogP) is 3.03. The summed E-state index contributed by atoms with van der Waals surface area (Å²) in [5, 5.41) is 3.57. The van der Waals surface area contributed by atoms with Gasteiger partial charge < -0.3 is 5.32 Å². The molecule has 2 fully saturated rings. The molecule has 1 saturated heterocycles. The highest BCUT2D eigenvalue weighted by Crippen LogP contribution is 2.33. The van der Waals surface area contributed by atoms with Crippen LogP contribution < -0.4 is 5.32 Å². The molecular formula is C17H23NO. The van der Waals surface area contributed by atoms with Crippen LogP contribution in [0.5, 0.6) is 0 Å². The average Bonchev–Trinajstić information content (AvgIpc) is 2.85. The van der Waals surface area contributed by atoms with Gasteiger partial charge in [0, 0.05) is 12.5 Å². The zero-order valence-electron chi connectivity index (χ0n) is 11.7. The van der Waals surface area contributed by atoms with Gasteiger partial charge >= 0.3 is 0 Å². The lowest BCUT2D eigenvalue weighted by molar-refractivity contribution is -0.120. The first-order valence-electron chi connectivity index (χ1n) is 7.56. The number of carbonyl (C=O) groups is 1. The quantitative estimate of drug-likeness (QED) is 0.902. The molecule has 0 aromatic heterocycles. The van der Waals surface area contributed by atoms with E-state index in [4.69, 9.17) is 0 Å². The van der Waals surface area contributed by atoms with Gasteiger partial charge in [-0.05, 0) is 37.7 Å². The van der Waals surface area contributed by atoms with E-state index in [-0.39, 0.29) is 6.04 Å². The van der Waals surface area contributed by atoms with Gasteiger partial charge in [-0.1, -0.05) is 42.7 Å². The Labute approximate surface area is 115 Å². The first-order valence-corrected chi connectivity index (χ1v) is 7.56. The number of aryl methyl sites for hydroxylation is 1. The summed E-state index contributed by atoms with van der Waals surface area (Å²) in [4.78, 5) is 12.4. The lowest BCUT2D eigenvalue weighted by Crippen LogP contribution is -2.37. The number of ketones is 1. The van der Waals surface area contributed by atoms with Gasteiger partial charge in [0.1, 0.15) is 0 Å². The average molecular weight is 257 g/mol. The molecule has 0 bridgehead atoms. The molecule has 1 aromatic carbocycles. The van der Waals surface area contributed by atoms with Crippen LogP contribution in [0.4, 0.5) is 0 Å². The van der Waals surface area contributed by atoms with Gasteiger partial charge in [0.2, 0.25) is 0 Å². The Morgan fingerprint density at radius 1 is 1.21 bits per heavy atom. The molecule has 2 heteroatoms. The van der Waals surface area contributed by atoms with Crippen LogP contribution in [0.2, 0.25) is 0 Å². The molecule has 1 saturated carbocycles. The van der Waals surface area contributed by atoms with Crippen molar-refractivity contribution in [2.24, 2.45) is 5.92 Å². The molecule has 3 atom stereocenters. The van der Waals surface area contributed by atoms with Gasteiger partial charge in [0.15, 0.2) is 5.78 Å². The minimum atomic E-state index is 0.106. The Morgan fingerprint density at radius 3 is 2.68 bits per heavy atom. The van der Waals surface area contributed by atoms with E-state index < -0.39 is 0 Å². The second-order valence-corrected chi connectivity index (χ2v) is 6.23. The van der Waals surface area contributed by atoms with Gasteiger partial charge in [0.05, 0.1) is 6.04 Å². The third kappa shape index (κ3) is 2.89.